The number of hydrogen-bond acceptors (Lipinski definition) is 3. The molecule has 1 rings (SSSR count). The van der Waals surface area contributed by atoms with Gasteiger partial charge in [-0.15, -0.1) is 12.4 Å². The van der Waals surface area contributed by atoms with Crippen LogP contribution in [-0.4, -0.2) is 18.1 Å². The zero-order valence-corrected chi connectivity index (χ0v) is 8.32. The van der Waals surface area contributed by atoms with Crippen molar-refractivity contribution < 1.29 is 9.53 Å². The molecule has 1 fully saturated rings. The summed E-state index contributed by atoms with van der Waals surface area (Å²) in [5.74, 6) is 0.119. The molecule has 2 atom stereocenters. The molecular formula is C8H16ClNO2. The molecule has 0 radical (unpaired) electrons. The molecule has 2 N–H and O–H groups in total. The first-order valence-corrected chi connectivity index (χ1v) is 4.11. The van der Waals surface area contributed by atoms with E-state index in [0.29, 0.717) is 12.5 Å². The molecule has 0 spiro atoms. The first-order chi connectivity index (χ1) is 5.15. The molecule has 3 nitrogen and oxygen atoms in total. The van der Waals surface area contributed by atoms with Crippen molar-refractivity contribution >= 4 is 18.4 Å². The number of hydrogen-bond donors (Lipinski definition) is 1. The lowest BCUT2D eigenvalue weighted by atomic mass is 10.2. The Bertz CT molecular complexity index is 174. The summed E-state index contributed by atoms with van der Waals surface area (Å²) in [5, 5.41) is 0. The van der Waals surface area contributed by atoms with Gasteiger partial charge < -0.3 is 10.5 Å². The first-order valence-electron chi connectivity index (χ1n) is 4.11. The summed E-state index contributed by atoms with van der Waals surface area (Å²) < 4.78 is 4.84. The fraction of sp³-hybridized carbons (Fsp3) is 0.875. The standard InChI is InChI=1S/C8H15NO2.ClH/c1-3-6-5-8(6,9)7(10)11-4-2;/h6H,3-5,9H2,1-2H3;1H/t6-,8+;/m0./s1. The predicted octanol–water partition coefficient (Wildman–Crippen LogP) is 1.10. The first kappa shape index (κ1) is 11.7. The van der Waals surface area contributed by atoms with Crippen LogP contribution in [-0.2, 0) is 9.53 Å². The van der Waals surface area contributed by atoms with E-state index in [2.05, 4.69) is 0 Å². The minimum Gasteiger partial charge on any atom is -0.465 e. The second kappa shape index (κ2) is 4.10. The number of carbonyl (C=O) groups excluding carboxylic acids is 1. The molecule has 0 aromatic heterocycles. The maximum Gasteiger partial charge on any atom is 0.326 e. The SMILES string of the molecule is CCOC(=O)[C@@]1(N)C[C@@H]1CC.Cl. The quantitative estimate of drug-likeness (QED) is 0.683. The minimum atomic E-state index is -0.634. The predicted molar refractivity (Wildman–Crippen MR) is 49.2 cm³/mol. The minimum absolute atomic E-state index is 0. The largest absolute Gasteiger partial charge is 0.465 e. The molecule has 0 saturated heterocycles. The molecule has 0 heterocycles. The van der Waals surface area contributed by atoms with Gasteiger partial charge in [0.2, 0.25) is 0 Å². The van der Waals surface area contributed by atoms with E-state index in [1.165, 1.54) is 0 Å². The Morgan fingerprint density at radius 2 is 2.25 bits per heavy atom. The zero-order valence-electron chi connectivity index (χ0n) is 7.50. The Morgan fingerprint density at radius 3 is 2.58 bits per heavy atom. The van der Waals surface area contributed by atoms with Gasteiger partial charge in [-0.2, -0.15) is 0 Å². The van der Waals surface area contributed by atoms with Crippen molar-refractivity contribution in [3.63, 3.8) is 0 Å². The van der Waals surface area contributed by atoms with Crippen molar-refractivity contribution in [3.05, 3.63) is 0 Å². The number of carbonyl (C=O) groups is 1. The lowest BCUT2D eigenvalue weighted by Gasteiger charge is -2.08. The molecule has 0 aliphatic heterocycles. The van der Waals surface area contributed by atoms with Crippen molar-refractivity contribution in [1.29, 1.82) is 0 Å². The fourth-order valence-electron chi connectivity index (χ4n) is 1.37. The number of halogens is 1. The summed E-state index contributed by atoms with van der Waals surface area (Å²) in [6.07, 6.45) is 1.76. The highest BCUT2D eigenvalue weighted by atomic mass is 35.5. The summed E-state index contributed by atoms with van der Waals surface area (Å²) >= 11 is 0. The van der Waals surface area contributed by atoms with Crippen LogP contribution in [0, 0.1) is 5.92 Å². The van der Waals surface area contributed by atoms with E-state index in [9.17, 15) is 4.79 Å². The summed E-state index contributed by atoms with van der Waals surface area (Å²) in [7, 11) is 0. The van der Waals surface area contributed by atoms with Crippen LogP contribution in [0.3, 0.4) is 0 Å². The smallest absolute Gasteiger partial charge is 0.326 e. The second-order valence-corrected chi connectivity index (χ2v) is 3.07. The van der Waals surface area contributed by atoms with Crippen molar-refractivity contribution in [2.45, 2.75) is 32.2 Å². The lowest BCUT2D eigenvalue weighted by molar-refractivity contribution is -0.146. The van der Waals surface area contributed by atoms with E-state index < -0.39 is 5.54 Å². The van der Waals surface area contributed by atoms with Gasteiger partial charge in [0.15, 0.2) is 0 Å². The summed E-state index contributed by atoms with van der Waals surface area (Å²) in [4.78, 5) is 11.1. The average Bonchev–Trinajstić information content (AvgIpc) is 2.64. The highest BCUT2D eigenvalue weighted by Crippen LogP contribution is 2.44. The van der Waals surface area contributed by atoms with Crippen molar-refractivity contribution in [1.82, 2.24) is 0 Å². The Kier molecular flexibility index (Phi) is 4.00. The molecule has 0 unspecified atom stereocenters. The third-order valence-electron chi connectivity index (χ3n) is 2.30. The van der Waals surface area contributed by atoms with Gasteiger partial charge in [-0.3, -0.25) is 4.79 Å². The monoisotopic (exact) mass is 193 g/mol. The summed E-state index contributed by atoms with van der Waals surface area (Å²) in [6, 6.07) is 0. The number of rotatable bonds is 3. The van der Waals surface area contributed by atoms with Gasteiger partial charge >= 0.3 is 5.97 Å². The highest BCUT2D eigenvalue weighted by molar-refractivity contribution is 5.85. The van der Waals surface area contributed by atoms with Crippen molar-refractivity contribution in [2.24, 2.45) is 11.7 Å². The zero-order chi connectivity index (χ0) is 8.48. The van der Waals surface area contributed by atoms with Gasteiger partial charge in [-0.1, -0.05) is 13.3 Å². The molecule has 1 saturated carbocycles. The maximum atomic E-state index is 11.1. The van der Waals surface area contributed by atoms with Crippen molar-refractivity contribution in [3.8, 4) is 0 Å². The van der Waals surface area contributed by atoms with E-state index >= 15 is 0 Å². The van der Waals surface area contributed by atoms with Crippen molar-refractivity contribution in [2.75, 3.05) is 6.61 Å². The van der Waals surface area contributed by atoms with Crippen LogP contribution in [0.5, 0.6) is 0 Å². The molecule has 1 aliphatic carbocycles. The summed E-state index contributed by atoms with van der Waals surface area (Å²) in [5.41, 5.74) is 5.12. The molecule has 12 heavy (non-hydrogen) atoms. The van der Waals surface area contributed by atoms with Crippen LogP contribution in [0.4, 0.5) is 0 Å². The normalized spacial score (nSPS) is 32.1. The van der Waals surface area contributed by atoms with Gasteiger partial charge in [-0.05, 0) is 19.3 Å². The van der Waals surface area contributed by atoms with Gasteiger partial charge in [0.05, 0.1) is 6.61 Å². The Hall–Kier alpha value is -0.280. The molecule has 1 aliphatic rings. The van der Waals surface area contributed by atoms with Gasteiger partial charge in [0.1, 0.15) is 5.54 Å². The molecular weight excluding hydrogens is 178 g/mol. The Morgan fingerprint density at radius 1 is 1.67 bits per heavy atom. The third kappa shape index (κ3) is 1.90. The maximum absolute atomic E-state index is 11.1. The third-order valence-corrected chi connectivity index (χ3v) is 2.30. The fourth-order valence-corrected chi connectivity index (χ4v) is 1.37. The lowest BCUT2D eigenvalue weighted by Crippen LogP contribution is -2.37. The Balaban J connectivity index is 0.00000121. The average molecular weight is 194 g/mol. The van der Waals surface area contributed by atoms with Crippen LogP contribution in [0.1, 0.15) is 26.7 Å². The molecule has 4 heteroatoms. The van der Waals surface area contributed by atoms with Gasteiger partial charge in [-0.25, -0.2) is 0 Å². The van der Waals surface area contributed by atoms with Gasteiger partial charge in [0, 0.05) is 0 Å². The van der Waals surface area contributed by atoms with Crippen LogP contribution in [0.25, 0.3) is 0 Å². The molecule has 0 bridgehead atoms. The van der Waals surface area contributed by atoms with E-state index in [1.807, 2.05) is 6.92 Å². The number of ether oxygens (including phenoxy) is 1. The molecule has 72 valence electrons. The van der Waals surface area contributed by atoms with Crippen LogP contribution in [0.15, 0.2) is 0 Å². The number of esters is 1. The van der Waals surface area contributed by atoms with E-state index in [0.717, 1.165) is 12.8 Å². The number of nitrogens with two attached hydrogens (primary N) is 1. The van der Waals surface area contributed by atoms with Crippen LogP contribution in [0.2, 0.25) is 0 Å². The van der Waals surface area contributed by atoms with E-state index in [-0.39, 0.29) is 18.4 Å². The Labute approximate surface area is 79.1 Å². The molecule has 0 aromatic rings. The molecule has 0 aromatic carbocycles. The molecule has 0 amide bonds. The highest BCUT2D eigenvalue weighted by Gasteiger charge is 2.57. The van der Waals surface area contributed by atoms with E-state index in [1.54, 1.807) is 6.92 Å². The second-order valence-electron chi connectivity index (χ2n) is 3.07. The van der Waals surface area contributed by atoms with E-state index in [4.69, 9.17) is 10.5 Å². The topological polar surface area (TPSA) is 52.3 Å². The van der Waals surface area contributed by atoms with Gasteiger partial charge in [0.25, 0.3) is 0 Å². The van der Waals surface area contributed by atoms with Crippen LogP contribution < -0.4 is 5.73 Å². The summed E-state index contributed by atoms with van der Waals surface area (Å²) in [6.45, 7) is 4.26. The van der Waals surface area contributed by atoms with Crippen LogP contribution >= 0.6 is 12.4 Å².